The zero-order chi connectivity index (χ0) is 70.9. The van der Waals surface area contributed by atoms with Crippen LogP contribution in [0.2, 0.25) is 0 Å². The topological polar surface area (TPSA) is 237 Å². The summed E-state index contributed by atoms with van der Waals surface area (Å²) >= 11 is 0. The molecule has 0 aliphatic carbocycles. The predicted octanol–water partition coefficient (Wildman–Crippen LogP) is 22.6. The summed E-state index contributed by atoms with van der Waals surface area (Å²) in [6, 6.07) is 0. The van der Waals surface area contributed by atoms with Crippen LogP contribution in [-0.4, -0.2) is 96.7 Å². The Hall–Kier alpha value is -1.94. The van der Waals surface area contributed by atoms with E-state index in [1.807, 2.05) is 0 Å². The van der Waals surface area contributed by atoms with Gasteiger partial charge in [0.25, 0.3) is 0 Å². The van der Waals surface area contributed by atoms with Crippen LogP contribution in [0.3, 0.4) is 0 Å². The van der Waals surface area contributed by atoms with Crippen molar-refractivity contribution < 1.29 is 80.2 Å². The van der Waals surface area contributed by atoms with Crippen LogP contribution >= 0.6 is 15.6 Å². The molecule has 0 saturated heterocycles. The molecule has 0 radical (unpaired) electrons. The highest BCUT2D eigenvalue weighted by atomic mass is 31.2. The van der Waals surface area contributed by atoms with Crippen LogP contribution in [-0.2, 0) is 65.4 Å². The SMILES string of the molecule is CCCCCCCCCCCCCCCCCCCCCC(=O)O[C@H](COC(=O)CCCCCCCCCCCCC(C)C)COP(=O)(O)OC[C@@H](O)COP(=O)(O)OC[C@@H](COC(=O)CCCCCCCCCCC(C)CC)OC(=O)CCCCCCCCCCCC(C)C. The number of hydrogen-bond donors (Lipinski definition) is 3. The van der Waals surface area contributed by atoms with E-state index in [1.54, 1.807) is 0 Å². The number of aliphatic hydroxyl groups is 1. The van der Waals surface area contributed by atoms with Crippen molar-refractivity contribution in [2.45, 2.75) is 414 Å². The number of rotatable bonds is 75. The van der Waals surface area contributed by atoms with Crippen LogP contribution in [0.4, 0.5) is 0 Å². The van der Waals surface area contributed by atoms with Crippen molar-refractivity contribution in [2.75, 3.05) is 39.6 Å². The Bertz CT molecular complexity index is 1870. The molecule has 0 aromatic heterocycles. The van der Waals surface area contributed by atoms with Gasteiger partial charge in [0.2, 0.25) is 0 Å². The van der Waals surface area contributed by atoms with E-state index >= 15 is 0 Å². The van der Waals surface area contributed by atoms with Crippen LogP contribution in [0.25, 0.3) is 0 Å². The second-order valence-corrected chi connectivity index (χ2v) is 31.8. The van der Waals surface area contributed by atoms with E-state index in [-0.39, 0.29) is 25.7 Å². The van der Waals surface area contributed by atoms with Gasteiger partial charge in [-0.3, -0.25) is 37.3 Å². The first kappa shape index (κ1) is 94.1. The molecule has 0 spiro atoms. The summed E-state index contributed by atoms with van der Waals surface area (Å²) in [5.74, 6) is 0.155. The van der Waals surface area contributed by atoms with Crippen LogP contribution in [0.1, 0.15) is 395 Å². The molecule has 0 heterocycles. The zero-order valence-electron chi connectivity index (χ0n) is 62.8. The van der Waals surface area contributed by atoms with Gasteiger partial charge in [-0.25, -0.2) is 9.13 Å². The lowest BCUT2D eigenvalue weighted by molar-refractivity contribution is -0.161. The van der Waals surface area contributed by atoms with Gasteiger partial charge in [0.15, 0.2) is 12.2 Å². The number of hydrogen-bond acceptors (Lipinski definition) is 15. The first-order valence-corrected chi connectivity index (χ1v) is 42.9. The number of ether oxygens (including phenoxy) is 4. The number of carbonyl (C=O) groups is 4. The van der Waals surface area contributed by atoms with Crippen LogP contribution in [0, 0.1) is 17.8 Å². The van der Waals surface area contributed by atoms with Gasteiger partial charge < -0.3 is 33.8 Å². The Morgan fingerprint density at radius 1 is 0.302 bits per heavy atom. The third kappa shape index (κ3) is 69.2. The molecule has 570 valence electrons. The molecule has 3 N–H and O–H groups in total. The smallest absolute Gasteiger partial charge is 0.462 e. The van der Waals surface area contributed by atoms with Gasteiger partial charge >= 0.3 is 39.5 Å². The van der Waals surface area contributed by atoms with Crippen LogP contribution < -0.4 is 0 Å². The molecule has 0 aromatic carbocycles. The monoisotopic (exact) mass is 1410 g/mol. The summed E-state index contributed by atoms with van der Waals surface area (Å²) < 4.78 is 68.6. The average molecular weight is 1410 g/mol. The molecule has 96 heavy (non-hydrogen) atoms. The first-order chi connectivity index (χ1) is 46.3. The maximum Gasteiger partial charge on any atom is 0.472 e. The molecule has 0 saturated carbocycles. The van der Waals surface area contributed by atoms with Gasteiger partial charge in [0.05, 0.1) is 26.4 Å². The fraction of sp³-hybridized carbons (Fsp3) is 0.948. The highest BCUT2D eigenvalue weighted by Crippen LogP contribution is 2.45. The van der Waals surface area contributed by atoms with Gasteiger partial charge in [-0.2, -0.15) is 0 Å². The molecule has 17 nitrogen and oxygen atoms in total. The van der Waals surface area contributed by atoms with E-state index in [9.17, 15) is 43.2 Å². The second-order valence-electron chi connectivity index (χ2n) is 28.9. The largest absolute Gasteiger partial charge is 0.472 e. The normalized spacial score (nSPS) is 14.3. The molecule has 3 unspecified atom stereocenters. The highest BCUT2D eigenvalue weighted by molar-refractivity contribution is 7.47. The quantitative estimate of drug-likeness (QED) is 0.0222. The van der Waals surface area contributed by atoms with Crippen LogP contribution in [0.5, 0.6) is 0 Å². The second kappa shape index (κ2) is 67.5. The lowest BCUT2D eigenvalue weighted by Gasteiger charge is -2.21. The maximum atomic E-state index is 13.1. The van der Waals surface area contributed by atoms with Gasteiger partial charge in [-0.05, 0) is 43.4 Å². The molecule has 0 aliphatic heterocycles. The van der Waals surface area contributed by atoms with E-state index in [4.69, 9.17) is 37.0 Å². The van der Waals surface area contributed by atoms with Crippen molar-refractivity contribution in [1.82, 2.24) is 0 Å². The minimum absolute atomic E-state index is 0.105. The number of phosphoric ester groups is 2. The molecular weight excluding hydrogens is 1260 g/mol. The van der Waals surface area contributed by atoms with E-state index in [2.05, 4.69) is 48.5 Å². The standard InChI is InChI=1S/C77H150O17P2/c1-8-10-11-12-13-14-15-16-17-18-19-20-21-22-23-30-39-46-53-60-76(81)93-72(64-87-74(79)58-51-44-37-29-25-24-27-34-41-48-55-68(3)4)66-91-95(83,84)89-62-71(78)63-90-96(85,86)92-67-73(94-77(82)61-54-47-40-31-26-28-35-42-49-56-69(5)6)65-88-75(80)59-52-45-38-33-32-36-43-50-57-70(7)9-2/h68-73,78H,8-67H2,1-7H3,(H,83,84)(H,85,86)/t70?,71-,72-,73-/m1/s1. The van der Waals surface area contributed by atoms with Gasteiger partial charge in [-0.1, -0.05) is 344 Å². The minimum Gasteiger partial charge on any atom is -0.462 e. The Kier molecular flexibility index (Phi) is 66.2. The van der Waals surface area contributed by atoms with Crippen molar-refractivity contribution >= 4 is 39.5 Å². The Morgan fingerprint density at radius 2 is 0.531 bits per heavy atom. The lowest BCUT2D eigenvalue weighted by Crippen LogP contribution is -2.30. The van der Waals surface area contributed by atoms with Crippen molar-refractivity contribution in [3.8, 4) is 0 Å². The van der Waals surface area contributed by atoms with Crippen molar-refractivity contribution in [2.24, 2.45) is 17.8 Å². The summed E-state index contributed by atoms with van der Waals surface area (Å²) in [4.78, 5) is 72.9. The van der Waals surface area contributed by atoms with Crippen molar-refractivity contribution in [1.29, 1.82) is 0 Å². The molecule has 0 aliphatic rings. The summed E-state index contributed by atoms with van der Waals surface area (Å²) in [5.41, 5.74) is 0. The molecule has 19 heteroatoms. The number of esters is 4. The maximum absolute atomic E-state index is 13.1. The summed E-state index contributed by atoms with van der Waals surface area (Å²) in [7, 11) is -9.91. The first-order valence-electron chi connectivity index (χ1n) is 39.9. The minimum atomic E-state index is -4.96. The summed E-state index contributed by atoms with van der Waals surface area (Å²) in [6.45, 7) is 11.9. The van der Waals surface area contributed by atoms with E-state index < -0.39 is 97.5 Å². The van der Waals surface area contributed by atoms with Crippen molar-refractivity contribution in [3.63, 3.8) is 0 Å². The number of aliphatic hydroxyl groups excluding tert-OH is 1. The van der Waals surface area contributed by atoms with E-state index in [1.165, 1.54) is 205 Å². The Balaban J connectivity index is 5.24. The zero-order valence-corrected chi connectivity index (χ0v) is 64.6. The highest BCUT2D eigenvalue weighted by Gasteiger charge is 2.30. The summed E-state index contributed by atoms with van der Waals surface area (Å²) in [6.07, 6.45) is 54.1. The Morgan fingerprint density at radius 3 is 0.792 bits per heavy atom. The number of unbranched alkanes of at least 4 members (excludes halogenated alkanes) is 42. The van der Waals surface area contributed by atoms with Gasteiger partial charge in [0, 0.05) is 25.7 Å². The molecule has 0 rings (SSSR count). The predicted molar refractivity (Wildman–Crippen MR) is 391 cm³/mol. The Labute approximate surface area is 588 Å². The average Bonchev–Trinajstić information content (AvgIpc) is 1.18. The third-order valence-electron chi connectivity index (χ3n) is 18.2. The number of carbonyl (C=O) groups excluding carboxylic acids is 4. The molecular formula is C77H150O17P2. The van der Waals surface area contributed by atoms with E-state index in [0.717, 1.165) is 108 Å². The molecule has 0 amide bonds. The van der Waals surface area contributed by atoms with Gasteiger partial charge in [-0.15, -0.1) is 0 Å². The fourth-order valence-corrected chi connectivity index (χ4v) is 13.3. The molecule has 0 aromatic rings. The van der Waals surface area contributed by atoms with E-state index in [0.29, 0.717) is 25.7 Å². The molecule has 6 atom stereocenters. The third-order valence-corrected chi connectivity index (χ3v) is 20.1. The van der Waals surface area contributed by atoms with Gasteiger partial charge in [0.1, 0.15) is 19.3 Å². The molecule has 0 fully saturated rings. The fourth-order valence-electron chi connectivity index (χ4n) is 11.7. The van der Waals surface area contributed by atoms with Crippen molar-refractivity contribution in [3.05, 3.63) is 0 Å². The molecule has 0 bridgehead atoms. The lowest BCUT2D eigenvalue weighted by atomic mass is 9.99. The van der Waals surface area contributed by atoms with Crippen LogP contribution in [0.15, 0.2) is 0 Å². The summed E-state index contributed by atoms with van der Waals surface area (Å²) in [5, 5.41) is 10.6. The number of phosphoric acid groups is 2.